The first-order chi connectivity index (χ1) is 12.6. The standard InChI is InChI=1S/C21H27N3O2/c1-14(19-7-4-10-23-19)24-12-17-8-9-18(13-24)21(17,26-2)16-6-3-5-15(11-16)20(22)25/h3-7,10-11,14,17-18,23H,8-9,12-13H2,1-2H3,(H2,22,25). The number of amides is 1. The number of H-pyrrole nitrogens is 1. The summed E-state index contributed by atoms with van der Waals surface area (Å²) in [6, 6.07) is 12.3. The highest BCUT2D eigenvalue weighted by atomic mass is 16.5. The Morgan fingerprint density at radius 2 is 2.00 bits per heavy atom. The minimum atomic E-state index is -0.386. The van der Waals surface area contributed by atoms with Crippen molar-refractivity contribution in [3.63, 3.8) is 0 Å². The number of methoxy groups -OCH3 is 1. The molecule has 0 radical (unpaired) electrons. The van der Waals surface area contributed by atoms with Crippen LogP contribution in [0, 0.1) is 11.8 Å². The molecule has 2 bridgehead atoms. The van der Waals surface area contributed by atoms with Crippen molar-refractivity contribution in [3.05, 3.63) is 59.4 Å². The lowest BCUT2D eigenvalue weighted by atomic mass is 9.74. The largest absolute Gasteiger partial charge is 0.373 e. The molecule has 5 nitrogen and oxygen atoms in total. The van der Waals surface area contributed by atoms with E-state index in [0.717, 1.165) is 31.5 Å². The third-order valence-corrected chi connectivity index (χ3v) is 6.54. The van der Waals surface area contributed by atoms with Gasteiger partial charge >= 0.3 is 0 Å². The maximum Gasteiger partial charge on any atom is 0.248 e. The van der Waals surface area contributed by atoms with Gasteiger partial charge in [0.15, 0.2) is 0 Å². The van der Waals surface area contributed by atoms with Crippen molar-refractivity contribution in [2.75, 3.05) is 20.2 Å². The Kier molecular flexibility index (Phi) is 4.37. The van der Waals surface area contributed by atoms with Crippen LogP contribution in [0.3, 0.4) is 0 Å². The third-order valence-electron chi connectivity index (χ3n) is 6.54. The number of carbonyl (C=O) groups is 1. The van der Waals surface area contributed by atoms with Gasteiger partial charge in [-0.3, -0.25) is 9.69 Å². The zero-order chi connectivity index (χ0) is 18.3. The summed E-state index contributed by atoms with van der Waals surface area (Å²) in [6.07, 6.45) is 4.28. The van der Waals surface area contributed by atoms with Gasteiger partial charge in [-0.1, -0.05) is 12.1 Å². The van der Waals surface area contributed by atoms with Crippen LogP contribution >= 0.6 is 0 Å². The van der Waals surface area contributed by atoms with Crippen LogP contribution in [0.5, 0.6) is 0 Å². The highest BCUT2D eigenvalue weighted by molar-refractivity contribution is 5.92. The van der Waals surface area contributed by atoms with E-state index in [1.807, 2.05) is 25.4 Å². The molecule has 0 spiro atoms. The molecule has 2 heterocycles. The van der Waals surface area contributed by atoms with E-state index in [1.165, 1.54) is 5.69 Å². The Balaban J connectivity index is 1.65. The molecule has 1 aromatic carbocycles. The van der Waals surface area contributed by atoms with E-state index in [2.05, 4.69) is 35.0 Å². The van der Waals surface area contributed by atoms with Crippen molar-refractivity contribution in [2.24, 2.45) is 17.6 Å². The minimum absolute atomic E-state index is 0.322. The number of piperidine rings is 1. The molecule has 2 fully saturated rings. The number of nitrogens with two attached hydrogens (primary N) is 1. The number of benzene rings is 1. The first kappa shape index (κ1) is 17.3. The van der Waals surface area contributed by atoms with Crippen LogP contribution in [0.2, 0.25) is 0 Å². The van der Waals surface area contributed by atoms with E-state index in [1.54, 1.807) is 6.07 Å². The number of fused-ring (bicyclic) bond motifs is 2. The molecule has 5 heteroatoms. The quantitative estimate of drug-likeness (QED) is 0.868. The molecule has 1 aromatic heterocycles. The summed E-state index contributed by atoms with van der Waals surface area (Å²) in [5, 5.41) is 0. The lowest BCUT2D eigenvalue weighted by Gasteiger charge is -2.48. The average molecular weight is 353 g/mol. The van der Waals surface area contributed by atoms with E-state index in [9.17, 15) is 4.79 Å². The van der Waals surface area contributed by atoms with E-state index in [0.29, 0.717) is 23.4 Å². The van der Waals surface area contributed by atoms with Crippen LogP contribution in [-0.2, 0) is 10.3 Å². The van der Waals surface area contributed by atoms with E-state index in [4.69, 9.17) is 10.5 Å². The zero-order valence-electron chi connectivity index (χ0n) is 15.4. The molecule has 1 saturated carbocycles. The van der Waals surface area contributed by atoms with Gasteiger partial charge in [-0.15, -0.1) is 0 Å². The van der Waals surface area contributed by atoms with Crippen LogP contribution in [-0.4, -0.2) is 36.0 Å². The summed E-state index contributed by atoms with van der Waals surface area (Å²) in [6.45, 7) is 4.25. The molecule has 26 heavy (non-hydrogen) atoms. The molecule has 1 amide bonds. The first-order valence-electron chi connectivity index (χ1n) is 9.39. The Labute approximate surface area is 154 Å². The predicted octanol–water partition coefficient (Wildman–Crippen LogP) is 3.06. The van der Waals surface area contributed by atoms with E-state index in [-0.39, 0.29) is 11.5 Å². The van der Waals surface area contributed by atoms with Crippen molar-refractivity contribution in [1.29, 1.82) is 0 Å². The minimum Gasteiger partial charge on any atom is -0.373 e. The monoisotopic (exact) mass is 353 g/mol. The molecular formula is C21H27N3O2. The number of ether oxygens (including phenoxy) is 1. The predicted molar refractivity (Wildman–Crippen MR) is 101 cm³/mol. The number of carbonyl (C=O) groups excluding carboxylic acids is 1. The van der Waals surface area contributed by atoms with E-state index >= 15 is 0 Å². The van der Waals surface area contributed by atoms with Crippen LogP contribution in [0.25, 0.3) is 0 Å². The maximum atomic E-state index is 11.6. The van der Waals surface area contributed by atoms with Gasteiger partial charge in [0.2, 0.25) is 5.91 Å². The fourth-order valence-electron chi connectivity index (χ4n) is 5.21. The highest BCUT2D eigenvalue weighted by Crippen LogP contribution is 2.54. The third kappa shape index (κ3) is 2.58. The molecule has 2 aliphatic rings. The topological polar surface area (TPSA) is 71.3 Å². The number of likely N-dealkylation sites (tertiary alicyclic amines) is 1. The van der Waals surface area contributed by atoms with Gasteiger partial charge < -0.3 is 15.5 Å². The van der Waals surface area contributed by atoms with Gasteiger partial charge in [0.1, 0.15) is 5.60 Å². The molecular weight excluding hydrogens is 326 g/mol. The molecule has 3 N–H and O–H groups in total. The average Bonchev–Trinajstić information content (AvgIpc) is 3.25. The number of nitrogens with one attached hydrogen (secondary N) is 1. The second-order valence-corrected chi connectivity index (χ2v) is 7.67. The molecule has 1 aliphatic carbocycles. The van der Waals surface area contributed by atoms with Gasteiger partial charge in [0, 0.05) is 55.5 Å². The lowest BCUT2D eigenvalue weighted by molar-refractivity contribution is -0.124. The Hall–Kier alpha value is -2.11. The van der Waals surface area contributed by atoms with Crippen LogP contribution in [0.4, 0.5) is 0 Å². The molecule has 2 aromatic rings. The summed E-state index contributed by atoms with van der Waals surface area (Å²) in [4.78, 5) is 17.6. The maximum absolute atomic E-state index is 11.6. The molecule has 1 aliphatic heterocycles. The molecule has 138 valence electrons. The molecule has 3 unspecified atom stereocenters. The smallest absolute Gasteiger partial charge is 0.248 e. The fourth-order valence-corrected chi connectivity index (χ4v) is 5.21. The Morgan fingerprint density at radius 1 is 1.27 bits per heavy atom. The van der Waals surface area contributed by atoms with E-state index < -0.39 is 0 Å². The second kappa shape index (κ2) is 6.56. The van der Waals surface area contributed by atoms with Crippen molar-refractivity contribution in [2.45, 2.75) is 31.4 Å². The van der Waals surface area contributed by atoms with Gasteiger partial charge in [-0.05, 0) is 49.6 Å². The summed E-state index contributed by atoms with van der Waals surface area (Å²) >= 11 is 0. The van der Waals surface area contributed by atoms with Crippen LogP contribution in [0.15, 0.2) is 42.6 Å². The summed E-state index contributed by atoms with van der Waals surface area (Å²) in [5.41, 5.74) is 8.09. The van der Waals surface area contributed by atoms with Crippen molar-refractivity contribution >= 4 is 5.91 Å². The lowest BCUT2D eigenvalue weighted by Crippen LogP contribution is -2.53. The van der Waals surface area contributed by atoms with Gasteiger partial charge in [-0.2, -0.15) is 0 Å². The number of aromatic amines is 1. The number of aromatic nitrogens is 1. The second-order valence-electron chi connectivity index (χ2n) is 7.67. The summed E-state index contributed by atoms with van der Waals surface area (Å²) in [7, 11) is 1.81. The van der Waals surface area contributed by atoms with Gasteiger partial charge in [0.05, 0.1) is 0 Å². The molecule has 3 atom stereocenters. The highest BCUT2D eigenvalue weighted by Gasteiger charge is 2.56. The van der Waals surface area contributed by atoms with Gasteiger partial charge in [0.25, 0.3) is 0 Å². The first-order valence-corrected chi connectivity index (χ1v) is 9.39. The van der Waals surface area contributed by atoms with Crippen molar-refractivity contribution < 1.29 is 9.53 Å². The van der Waals surface area contributed by atoms with Crippen molar-refractivity contribution in [3.8, 4) is 0 Å². The fraction of sp³-hybridized carbons (Fsp3) is 0.476. The Morgan fingerprint density at radius 3 is 2.58 bits per heavy atom. The molecule has 4 rings (SSSR count). The van der Waals surface area contributed by atoms with Crippen LogP contribution < -0.4 is 5.73 Å². The summed E-state index contributed by atoms with van der Waals surface area (Å²) in [5.74, 6) is 0.432. The van der Waals surface area contributed by atoms with Crippen LogP contribution in [0.1, 0.15) is 47.4 Å². The SMILES string of the molecule is COC1(c2cccc(C(N)=O)c2)C2CCC1CN(C(C)c1ccc[nH]1)C2. The normalized spacial score (nSPS) is 29.6. The number of nitrogens with zero attached hydrogens (tertiary/aromatic N) is 1. The number of hydrogen-bond donors (Lipinski definition) is 2. The number of hydrogen-bond acceptors (Lipinski definition) is 3. The van der Waals surface area contributed by atoms with Gasteiger partial charge in [-0.25, -0.2) is 0 Å². The Bertz CT molecular complexity index is 772. The number of primary amides is 1. The zero-order valence-corrected chi connectivity index (χ0v) is 15.4. The summed E-state index contributed by atoms with van der Waals surface area (Å²) < 4.78 is 6.22. The van der Waals surface area contributed by atoms with Crippen molar-refractivity contribution in [1.82, 2.24) is 9.88 Å². The molecule has 1 saturated heterocycles. The number of rotatable bonds is 5.